The molecule has 0 aliphatic carbocycles. The number of quaternary nitrogens is 3. The highest BCUT2D eigenvalue weighted by molar-refractivity contribution is 6.79. The summed E-state index contributed by atoms with van der Waals surface area (Å²) in [6.45, 7) is 54.4. The van der Waals surface area contributed by atoms with Crippen LogP contribution in [0.4, 0.5) is 0 Å². The van der Waals surface area contributed by atoms with Gasteiger partial charge in [0, 0.05) is 6.15 Å². The van der Waals surface area contributed by atoms with Crippen molar-refractivity contribution in [3.63, 3.8) is 0 Å². The van der Waals surface area contributed by atoms with Crippen molar-refractivity contribution in [1.29, 1.82) is 0 Å². The summed E-state index contributed by atoms with van der Waals surface area (Å²) in [7, 11) is 0. The Balaban J connectivity index is -0.000000287. The molecule has 0 aliphatic rings. The molecule has 1 aromatic carbocycles. The van der Waals surface area contributed by atoms with E-state index in [1.807, 2.05) is 0 Å². The average molecular weight is 1100 g/mol. The molecule has 0 N–H and O–H groups in total. The first kappa shape index (κ1) is 85.4. The fourth-order valence-electron chi connectivity index (χ4n) is 11.9. The van der Waals surface area contributed by atoms with Crippen LogP contribution >= 0.6 is 0 Å². The molecule has 5 nitrogen and oxygen atoms in total. The highest BCUT2D eigenvalue weighted by Gasteiger charge is 2.27. The number of hydrogen-bond acceptors (Lipinski definition) is 2. The number of carbonyl (C=O) groups excluding carboxylic acids is 1. The second-order valence-corrected chi connectivity index (χ2v) is 24.9. The van der Waals surface area contributed by atoms with E-state index < -0.39 is 5.97 Å². The Hall–Kier alpha value is -1.37. The standard InChI is InChI=1S/C16H36B.3C16H36N.C7H6O2.CH4/c4*1-5-9-13-17(14-10-6-2,15-11-7-3)16-12-8-4;8-7(9)6-4-2-1-3-5-6;/h4*5-16H2,1-4H3;1-5H,(H,8,9);1H4/q-1;3*+1;;/p-1. The topological polar surface area (TPSA) is 40.1 Å². The summed E-state index contributed by atoms with van der Waals surface area (Å²) in [5.41, 5.74) is 0.220. The summed E-state index contributed by atoms with van der Waals surface area (Å²) in [5, 5.41) is 10.1. The van der Waals surface area contributed by atoms with Gasteiger partial charge in [-0.2, -0.15) is 25.3 Å². The van der Waals surface area contributed by atoms with Gasteiger partial charge in [0.1, 0.15) is 0 Å². The molecule has 0 unspecified atom stereocenters. The van der Waals surface area contributed by atoms with Gasteiger partial charge in [-0.3, -0.25) is 0 Å². The van der Waals surface area contributed by atoms with E-state index >= 15 is 0 Å². The normalized spacial score (nSPS) is 11.5. The van der Waals surface area contributed by atoms with Crippen LogP contribution in [0.3, 0.4) is 0 Å². The molecule has 0 saturated carbocycles. The van der Waals surface area contributed by atoms with Gasteiger partial charge >= 0.3 is 0 Å². The summed E-state index contributed by atoms with van der Waals surface area (Å²) in [5.74, 6) is -1.13. The molecule has 1 aromatic rings. The molecule has 0 aromatic heterocycles. The molecule has 470 valence electrons. The molecular weight excluding hydrogens is 950 g/mol. The number of aromatic carboxylic acids is 1. The Morgan fingerprint density at radius 1 is 0.295 bits per heavy atom. The van der Waals surface area contributed by atoms with E-state index in [0.29, 0.717) is 0 Å². The molecule has 0 heterocycles. The molecule has 1 rings (SSSR count). The van der Waals surface area contributed by atoms with E-state index in [0.717, 1.165) is 0 Å². The number of carbonyl (C=O) groups is 1. The lowest BCUT2D eigenvalue weighted by Crippen LogP contribution is -2.50. The first-order valence-electron chi connectivity index (χ1n) is 35.3. The third-order valence-corrected chi connectivity index (χ3v) is 17.5. The highest BCUT2D eigenvalue weighted by Crippen LogP contribution is 2.33. The number of carboxylic acid groups (broad SMARTS) is 1. The van der Waals surface area contributed by atoms with E-state index in [1.165, 1.54) is 310 Å². The maximum atomic E-state index is 10.1. The second-order valence-electron chi connectivity index (χ2n) is 24.9. The van der Waals surface area contributed by atoms with Crippen LogP contribution in [0.5, 0.6) is 0 Å². The van der Waals surface area contributed by atoms with Gasteiger partial charge < -0.3 is 23.4 Å². The summed E-state index contributed by atoms with van der Waals surface area (Å²) in [4.78, 5) is 10.1. The van der Waals surface area contributed by atoms with Crippen LogP contribution in [0.2, 0.25) is 25.3 Å². The molecule has 0 amide bonds. The third-order valence-electron chi connectivity index (χ3n) is 17.5. The molecule has 0 radical (unpaired) electrons. The molecule has 0 spiro atoms. The Morgan fingerprint density at radius 3 is 0.564 bits per heavy atom. The van der Waals surface area contributed by atoms with Crippen molar-refractivity contribution in [2.75, 3.05) is 78.5 Å². The molecule has 0 saturated heterocycles. The number of carboxylic acids is 1. The average Bonchev–Trinajstić information content (AvgIpc) is 3.46. The predicted octanol–water partition coefficient (Wildman–Crippen LogP) is 22.3. The van der Waals surface area contributed by atoms with Gasteiger partial charge in [-0.1, -0.05) is 277 Å². The molecule has 0 bridgehead atoms. The lowest BCUT2D eigenvalue weighted by atomic mass is 9.17. The third kappa shape index (κ3) is 49.3. The molecule has 0 fully saturated rings. The SMILES string of the molecule is C.CCCC[B-](CCCC)(CCCC)CCCC.CCCC[N+](CCCC)(CCCC)CCCC.CCCC[N+](CCCC)(CCCC)CCCC.CCCC[N+](CCCC)(CCCC)CCCC.O=C([O-])c1ccccc1. The zero-order chi connectivity index (χ0) is 58.6. The number of unbranched alkanes of at least 4 members (excludes halogenated alkanes) is 16. The molecule has 0 aliphatic heterocycles. The van der Waals surface area contributed by atoms with Crippen LogP contribution in [0.1, 0.15) is 334 Å². The number of hydrogen-bond donors (Lipinski definition) is 0. The zero-order valence-electron chi connectivity index (χ0n) is 56.6. The van der Waals surface area contributed by atoms with E-state index in [1.54, 1.807) is 43.5 Å². The van der Waals surface area contributed by atoms with Gasteiger partial charge in [0.05, 0.1) is 84.5 Å². The largest absolute Gasteiger partial charge is 0.545 e. The maximum absolute atomic E-state index is 10.1. The van der Waals surface area contributed by atoms with Crippen molar-refractivity contribution in [2.45, 2.75) is 349 Å². The van der Waals surface area contributed by atoms with Crippen LogP contribution in [0.15, 0.2) is 30.3 Å². The Bertz CT molecular complexity index is 981. The minimum Gasteiger partial charge on any atom is -0.545 e. The van der Waals surface area contributed by atoms with Gasteiger partial charge in [0.25, 0.3) is 0 Å². The second kappa shape index (κ2) is 63.2. The van der Waals surface area contributed by atoms with Crippen molar-refractivity contribution in [1.82, 2.24) is 0 Å². The van der Waals surface area contributed by atoms with Gasteiger partial charge in [-0.05, 0) is 82.6 Å². The van der Waals surface area contributed by atoms with Gasteiger partial charge in [0.15, 0.2) is 0 Å². The Labute approximate surface area is 496 Å². The Kier molecular flexibility index (Phi) is 69.2. The summed E-state index contributed by atoms with van der Waals surface area (Å²) in [6.07, 6.45) is 50.8. The van der Waals surface area contributed by atoms with Crippen molar-refractivity contribution in [3.05, 3.63) is 35.9 Å². The zero-order valence-corrected chi connectivity index (χ0v) is 56.6. The lowest BCUT2D eigenvalue weighted by Gasteiger charge is -2.40. The van der Waals surface area contributed by atoms with Gasteiger partial charge in [0.2, 0.25) is 0 Å². The number of nitrogens with zero attached hydrogens (tertiary/aromatic N) is 3. The van der Waals surface area contributed by atoms with E-state index in [9.17, 15) is 9.90 Å². The summed E-state index contributed by atoms with van der Waals surface area (Å²) >= 11 is 0. The fourth-order valence-corrected chi connectivity index (χ4v) is 11.9. The van der Waals surface area contributed by atoms with Crippen LogP contribution in [0.25, 0.3) is 0 Å². The predicted molar refractivity (Wildman–Crippen MR) is 360 cm³/mol. The van der Waals surface area contributed by atoms with Crippen LogP contribution in [0, 0.1) is 0 Å². The first-order chi connectivity index (χ1) is 37.3. The van der Waals surface area contributed by atoms with Crippen LogP contribution in [-0.4, -0.2) is 104 Å². The smallest absolute Gasteiger partial charge is 0.0786 e. The fraction of sp³-hybridized carbons (Fsp3) is 0.903. The molecule has 78 heavy (non-hydrogen) atoms. The number of rotatable bonds is 49. The quantitative estimate of drug-likeness (QED) is 0.0482. The van der Waals surface area contributed by atoms with Crippen molar-refractivity contribution in [3.8, 4) is 0 Å². The van der Waals surface area contributed by atoms with E-state index in [4.69, 9.17) is 0 Å². The summed E-state index contributed by atoms with van der Waals surface area (Å²) in [6, 6.07) is 8.06. The molecule has 6 heteroatoms. The highest BCUT2D eigenvalue weighted by atomic mass is 16.4. The van der Waals surface area contributed by atoms with E-state index in [-0.39, 0.29) is 19.1 Å². The first-order valence-corrected chi connectivity index (χ1v) is 35.3. The minimum absolute atomic E-state index is 0. The molecule has 0 atom stereocenters. The van der Waals surface area contributed by atoms with Gasteiger partial charge in [-0.15, -0.1) is 0 Å². The maximum Gasteiger partial charge on any atom is 0.0786 e. The van der Waals surface area contributed by atoms with E-state index in [2.05, 4.69) is 111 Å². The molecular formula is C72H153BN3O2+. The van der Waals surface area contributed by atoms with Crippen molar-refractivity contribution < 1.29 is 23.4 Å². The van der Waals surface area contributed by atoms with Gasteiger partial charge in [-0.25, -0.2) is 0 Å². The number of benzene rings is 1. The minimum atomic E-state index is -1.13. The monoisotopic (exact) mass is 1100 g/mol. The van der Waals surface area contributed by atoms with Crippen molar-refractivity contribution in [2.24, 2.45) is 0 Å². The lowest BCUT2D eigenvalue weighted by molar-refractivity contribution is -0.929. The Morgan fingerprint density at radius 2 is 0.449 bits per heavy atom. The summed E-state index contributed by atoms with van der Waals surface area (Å²) < 4.78 is 4.26. The van der Waals surface area contributed by atoms with Crippen molar-refractivity contribution >= 4 is 12.1 Å². The van der Waals surface area contributed by atoms with Crippen LogP contribution in [-0.2, 0) is 0 Å². The van der Waals surface area contributed by atoms with Crippen LogP contribution < -0.4 is 5.11 Å².